The van der Waals surface area contributed by atoms with Crippen molar-refractivity contribution in [2.45, 2.75) is 17.7 Å². The largest absolute Gasteiger partial charge is 0.550 e. The summed E-state index contributed by atoms with van der Waals surface area (Å²) in [4.78, 5) is 23.7. The van der Waals surface area contributed by atoms with Gasteiger partial charge in [0.2, 0.25) is 11.0 Å². The maximum atomic E-state index is 12.4. The van der Waals surface area contributed by atoms with E-state index in [1.54, 1.807) is 11.8 Å². The van der Waals surface area contributed by atoms with Gasteiger partial charge in [-0.25, -0.2) is 0 Å². The van der Waals surface area contributed by atoms with E-state index in [0.29, 0.717) is 11.6 Å². The molecule has 2 aliphatic carbocycles. The number of amides is 1. The number of carbonyl (C=O) groups is 2. The highest BCUT2D eigenvalue weighted by atomic mass is 32.2. The standard InChI is InChI=1S/C13H15N3O3S2/c1-2-20-13-16-15-12(21-13)14-10(17)8-6-3-4-7(5-6)9(8)11(18)19/h3-4,6-9H,2,5H2,1H3,(H,18,19)(H,14,15,17)/p-1/t6-,7-,8+,9-/m0/s1. The molecule has 1 amide bonds. The van der Waals surface area contributed by atoms with E-state index in [1.807, 2.05) is 19.1 Å². The van der Waals surface area contributed by atoms with Gasteiger partial charge in [-0.1, -0.05) is 42.2 Å². The highest BCUT2D eigenvalue weighted by Gasteiger charge is 2.48. The first-order valence-electron chi connectivity index (χ1n) is 6.76. The molecule has 112 valence electrons. The predicted molar refractivity (Wildman–Crippen MR) is 77.7 cm³/mol. The Morgan fingerprint density at radius 1 is 1.38 bits per heavy atom. The molecule has 1 aromatic heterocycles. The minimum Gasteiger partial charge on any atom is -0.550 e. The number of nitrogens with one attached hydrogen (secondary N) is 1. The summed E-state index contributed by atoms with van der Waals surface area (Å²) < 4.78 is 0.789. The van der Waals surface area contributed by atoms with Crippen molar-refractivity contribution in [1.29, 1.82) is 0 Å². The molecule has 1 heterocycles. The van der Waals surface area contributed by atoms with Crippen molar-refractivity contribution in [3.05, 3.63) is 12.2 Å². The van der Waals surface area contributed by atoms with Crippen LogP contribution in [0, 0.1) is 23.7 Å². The molecule has 2 bridgehead atoms. The first kappa shape index (κ1) is 14.5. The van der Waals surface area contributed by atoms with Crippen LogP contribution in [0.4, 0.5) is 5.13 Å². The number of fused-ring (bicyclic) bond motifs is 2. The zero-order valence-corrected chi connectivity index (χ0v) is 12.9. The Labute approximate surface area is 130 Å². The monoisotopic (exact) mass is 324 g/mol. The Bertz CT molecular complexity index is 601. The average Bonchev–Trinajstić information content (AvgIpc) is 3.13. The molecule has 1 aromatic rings. The van der Waals surface area contributed by atoms with Gasteiger partial charge in [0, 0.05) is 11.9 Å². The highest BCUT2D eigenvalue weighted by Crippen LogP contribution is 2.48. The highest BCUT2D eigenvalue weighted by molar-refractivity contribution is 8.01. The zero-order valence-electron chi connectivity index (χ0n) is 11.3. The second-order valence-electron chi connectivity index (χ2n) is 5.11. The van der Waals surface area contributed by atoms with E-state index in [4.69, 9.17) is 0 Å². The number of aliphatic carboxylic acids is 1. The van der Waals surface area contributed by atoms with Gasteiger partial charge in [-0.3, -0.25) is 4.79 Å². The van der Waals surface area contributed by atoms with E-state index in [-0.39, 0.29) is 17.7 Å². The lowest BCUT2D eigenvalue weighted by molar-refractivity contribution is -0.313. The van der Waals surface area contributed by atoms with Crippen LogP contribution in [0.2, 0.25) is 0 Å². The van der Waals surface area contributed by atoms with Gasteiger partial charge < -0.3 is 15.2 Å². The van der Waals surface area contributed by atoms with Crippen LogP contribution in [-0.4, -0.2) is 27.8 Å². The molecule has 6 nitrogen and oxygen atoms in total. The van der Waals surface area contributed by atoms with Crippen molar-refractivity contribution in [2.24, 2.45) is 23.7 Å². The van der Waals surface area contributed by atoms with Crippen molar-refractivity contribution in [3.8, 4) is 0 Å². The number of hydrogen-bond acceptors (Lipinski definition) is 7. The summed E-state index contributed by atoms with van der Waals surface area (Å²) in [5, 5.41) is 22.3. The first-order chi connectivity index (χ1) is 10.1. The number of anilines is 1. The van der Waals surface area contributed by atoms with Crippen LogP contribution in [0.3, 0.4) is 0 Å². The Kier molecular flexibility index (Phi) is 3.99. The maximum absolute atomic E-state index is 12.4. The fraction of sp³-hybridized carbons (Fsp3) is 0.538. The predicted octanol–water partition coefficient (Wildman–Crippen LogP) is 0.777. The molecule has 3 rings (SSSR count). The minimum atomic E-state index is -1.15. The van der Waals surface area contributed by atoms with Crippen LogP contribution >= 0.6 is 23.1 Å². The van der Waals surface area contributed by atoms with E-state index in [9.17, 15) is 14.7 Å². The second-order valence-corrected chi connectivity index (χ2v) is 7.60. The zero-order chi connectivity index (χ0) is 15.0. The van der Waals surface area contributed by atoms with E-state index in [2.05, 4.69) is 15.5 Å². The van der Waals surface area contributed by atoms with Crippen molar-refractivity contribution < 1.29 is 14.7 Å². The third kappa shape index (κ3) is 2.69. The van der Waals surface area contributed by atoms with E-state index < -0.39 is 17.8 Å². The van der Waals surface area contributed by atoms with Crippen molar-refractivity contribution in [3.63, 3.8) is 0 Å². The molecule has 0 spiro atoms. The van der Waals surface area contributed by atoms with Gasteiger partial charge in [0.15, 0.2) is 4.34 Å². The molecule has 1 N–H and O–H groups in total. The maximum Gasteiger partial charge on any atom is 0.230 e. The lowest BCUT2D eigenvalue weighted by Gasteiger charge is -2.27. The van der Waals surface area contributed by atoms with Crippen LogP contribution in [-0.2, 0) is 9.59 Å². The smallest absolute Gasteiger partial charge is 0.230 e. The lowest BCUT2D eigenvalue weighted by Crippen LogP contribution is -2.42. The molecule has 1 saturated carbocycles. The molecular formula is C13H14N3O3S2-. The first-order valence-corrected chi connectivity index (χ1v) is 8.56. The normalized spacial score (nSPS) is 29.8. The third-order valence-electron chi connectivity index (χ3n) is 3.94. The van der Waals surface area contributed by atoms with Crippen molar-refractivity contribution in [1.82, 2.24) is 10.2 Å². The molecule has 21 heavy (non-hydrogen) atoms. The number of aromatic nitrogens is 2. The lowest BCUT2D eigenvalue weighted by atomic mass is 9.82. The number of rotatable bonds is 5. The van der Waals surface area contributed by atoms with Gasteiger partial charge in [0.05, 0.1) is 5.92 Å². The van der Waals surface area contributed by atoms with E-state index in [1.165, 1.54) is 11.3 Å². The molecule has 4 atom stereocenters. The number of carboxylic acids is 1. The van der Waals surface area contributed by atoms with Gasteiger partial charge in [-0.2, -0.15) is 0 Å². The van der Waals surface area contributed by atoms with Crippen LogP contribution in [0.25, 0.3) is 0 Å². The quantitative estimate of drug-likeness (QED) is 0.488. The fourth-order valence-corrected chi connectivity index (χ4v) is 4.78. The van der Waals surface area contributed by atoms with E-state index >= 15 is 0 Å². The van der Waals surface area contributed by atoms with Gasteiger partial charge in [0.25, 0.3) is 0 Å². The second kappa shape index (κ2) is 5.76. The van der Waals surface area contributed by atoms with Crippen LogP contribution in [0.1, 0.15) is 13.3 Å². The Hall–Kier alpha value is -1.41. The minimum absolute atomic E-state index is 0.0182. The van der Waals surface area contributed by atoms with Gasteiger partial charge in [-0.15, -0.1) is 10.2 Å². The molecule has 0 aromatic carbocycles. The summed E-state index contributed by atoms with van der Waals surface area (Å²) >= 11 is 2.85. The SMILES string of the molecule is CCSc1nnc(NC(=O)[C@H]2[C@@H](C(=O)[O-])[C@H]3C=C[C@H]2C3)s1. The number of carboxylic acid groups (broad SMARTS) is 1. The summed E-state index contributed by atoms with van der Waals surface area (Å²) in [7, 11) is 0. The topological polar surface area (TPSA) is 95.0 Å². The van der Waals surface area contributed by atoms with Crippen molar-refractivity contribution >= 4 is 40.1 Å². The van der Waals surface area contributed by atoms with Crippen LogP contribution < -0.4 is 10.4 Å². The number of thioether (sulfide) groups is 1. The summed E-state index contributed by atoms with van der Waals surface area (Å²) in [6, 6.07) is 0. The Morgan fingerprint density at radius 2 is 2.10 bits per heavy atom. The molecule has 2 aliphatic rings. The molecule has 1 fully saturated rings. The third-order valence-corrected chi connectivity index (χ3v) is 5.79. The summed E-state index contributed by atoms with van der Waals surface area (Å²) in [6.07, 6.45) is 4.53. The number of nitrogens with zero attached hydrogens (tertiary/aromatic N) is 2. The molecule has 0 saturated heterocycles. The Balaban J connectivity index is 1.72. The Morgan fingerprint density at radius 3 is 2.76 bits per heavy atom. The van der Waals surface area contributed by atoms with Gasteiger partial charge in [-0.05, 0) is 24.0 Å². The van der Waals surface area contributed by atoms with E-state index in [0.717, 1.165) is 10.1 Å². The summed E-state index contributed by atoms with van der Waals surface area (Å²) in [6.45, 7) is 2.01. The summed E-state index contributed by atoms with van der Waals surface area (Å²) in [5.74, 6) is -1.98. The molecule has 0 unspecified atom stereocenters. The molecule has 0 radical (unpaired) electrons. The molecule has 8 heteroatoms. The van der Waals surface area contributed by atoms with Gasteiger partial charge in [0.1, 0.15) is 0 Å². The molecular weight excluding hydrogens is 310 g/mol. The molecule has 0 aliphatic heterocycles. The number of hydrogen-bond donors (Lipinski definition) is 1. The van der Waals surface area contributed by atoms with Crippen LogP contribution in [0.5, 0.6) is 0 Å². The van der Waals surface area contributed by atoms with Gasteiger partial charge >= 0.3 is 0 Å². The number of allylic oxidation sites excluding steroid dienone is 2. The van der Waals surface area contributed by atoms with Crippen LogP contribution in [0.15, 0.2) is 16.5 Å². The fourth-order valence-electron chi connectivity index (χ4n) is 3.13. The number of carbonyl (C=O) groups excluding carboxylic acids is 2. The average molecular weight is 324 g/mol. The van der Waals surface area contributed by atoms with Crippen molar-refractivity contribution in [2.75, 3.05) is 11.1 Å². The summed E-state index contributed by atoms with van der Waals surface area (Å²) in [5.41, 5.74) is 0.